The molecule has 1 N–H and O–H groups in total. The number of amides is 1. The van der Waals surface area contributed by atoms with Crippen LogP contribution in [0.25, 0.3) is 6.08 Å². The summed E-state index contributed by atoms with van der Waals surface area (Å²) in [5.41, 5.74) is 4.39. The third kappa shape index (κ3) is 4.46. The average Bonchev–Trinajstić information content (AvgIpc) is 2.55. The number of nitrogens with one attached hydrogen (secondary N) is 1. The molecule has 0 aliphatic heterocycles. The molecule has 23 heavy (non-hydrogen) atoms. The second kappa shape index (κ2) is 7.63. The Labute approximate surface area is 138 Å². The third-order valence-electron chi connectivity index (χ3n) is 3.81. The molecule has 1 unspecified atom stereocenters. The minimum atomic E-state index is -0.121. The van der Waals surface area contributed by atoms with E-state index in [2.05, 4.69) is 37.4 Å². The molecule has 0 fully saturated rings. The normalized spacial score (nSPS) is 12.2. The SMILES string of the molecule is COc1ccccc1/C=C/C(=O)NC(C)c1cc(C)ccc1C. The summed E-state index contributed by atoms with van der Waals surface area (Å²) < 4.78 is 5.27. The number of carbonyl (C=O) groups is 1. The van der Waals surface area contributed by atoms with Gasteiger partial charge in [-0.2, -0.15) is 0 Å². The summed E-state index contributed by atoms with van der Waals surface area (Å²) in [6, 6.07) is 13.8. The molecule has 0 aliphatic carbocycles. The van der Waals surface area contributed by atoms with Gasteiger partial charge in [-0.25, -0.2) is 0 Å². The van der Waals surface area contributed by atoms with Crippen LogP contribution in [-0.4, -0.2) is 13.0 Å². The molecule has 0 saturated carbocycles. The van der Waals surface area contributed by atoms with Gasteiger partial charge in [0.25, 0.3) is 0 Å². The molecule has 1 amide bonds. The van der Waals surface area contributed by atoms with Crippen molar-refractivity contribution in [3.63, 3.8) is 0 Å². The van der Waals surface area contributed by atoms with E-state index >= 15 is 0 Å². The quantitative estimate of drug-likeness (QED) is 0.841. The highest BCUT2D eigenvalue weighted by Crippen LogP contribution is 2.20. The second-order valence-corrected chi connectivity index (χ2v) is 5.67. The lowest BCUT2D eigenvalue weighted by Crippen LogP contribution is -2.25. The highest BCUT2D eigenvalue weighted by Gasteiger charge is 2.10. The molecule has 0 aliphatic rings. The molecule has 0 saturated heterocycles. The lowest BCUT2D eigenvalue weighted by molar-refractivity contribution is -0.117. The number of para-hydroxylation sites is 1. The number of carbonyl (C=O) groups excluding carboxylic acids is 1. The van der Waals surface area contributed by atoms with Gasteiger partial charge in [-0.3, -0.25) is 4.79 Å². The molecular weight excluding hydrogens is 286 g/mol. The maximum absolute atomic E-state index is 12.2. The highest BCUT2D eigenvalue weighted by molar-refractivity contribution is 5.92. The van der Waals surface area contributed by atoms with Gasteiger partial charge in [0, 0.05) is 11.6 Å². The van der Waals surface area contributed by atoms with Crippen molar-refractivity contribution in [3.8, 4) is 5.75 Å². The zero-order chi connectivity index (χ0) is 16.8. The van der Waals surface area contributed by atoms with E-state index in [1.54, 1.807) is 19.3 Å². The molecule has 0 bridgehead atoms. The molecule has 2 aromatic rings. The van der Waals surface area contributed by atoms with Crippen molar-refractivity contribution >= 4 is 12.0 Å². The summed E-state index contributed by atoms with van der Waals surface area (Å²) in [7, 11) is 1.62. The smallest absolute Gasteiger partial charge is 0.244 e. The summed E-state index contributed by atoms with van der Waals surface area (Å²) in [6.07, 6.45) is 3.31. The number of aryl methyl sites for hydroxylation is 2. The van der Waals surface area contributed by atoms with Crippen LogP contribution in [0.15, 0.2) is 48.5 Å². The summed E-state index contributed by atoms with van der Waals surface area (Å²) in [5.74, 6) is 0.628. The lowest BCUT2D eigenvalue weighted by atomic mass is 10.00. The Hall–Kier alpha value is -2.55. The number of ether oxygens (including phenoxy) is 1. The first kappa shape index (κ1) is 16.8. The predicted octanol–water partition coefficient (Wildman–Crippen LogP) is 4.20. The minimum absolute atomic E-state index is 0.0373. The van der Waals surface area contributed by atoms with Crippen LogP contribution >= 0.6 is 0 Å². The Kier molecular flexibility index (Phi) is 5.58. The molecule has 3 nitrogen and oxygen atoms in total. The first-order chi connectivity index (χ1) is 11.0. The third-order valence-corrected chi connectivity index (χ3v) is 3.81. The van der Waals surface area contributed by atoms with Gasteiger partial charge in [0.15, 0.2) is 0 Å². The van der Waals surface area contributed by atoms with E-state index in [9.17, 15) is 4.79 Å². The molecule has 0 aromatic heterocycles. The first-order valence-electron chi connectivity index (χ1n) is 7.70. The van der Waals surface area contributed by atoms with Gasteiger partial charge >= 0.3 is 0 Å². The van der Waals surface area contributed by atoms with Crippen molar-refractivity contribution < 1.29 is 9.53 Å². The Balaban J connectivity index is 2.07. The Morgan fingerprint density at radius 2 is 1.91 bits per heavy atom. The highest BCUT2D eigenvalue weighted by atomic mass is 16.5. The molecule has 120 valence electrons. The number of hydrogen-bond acceptors (Lipinski definition) is 2. The minimum Gasteiger partial charge on any atom is -0.496 e. The fourth-order valence-electron chi connectivity index (χ4n) is 2.54. The topological polar surface area (TPSA) is 38.3 Å². The Morgan fingerprint density at radius 1 is 1.17 bits per heavy atom. The van der Waals surface area contributed by atoms with Crippen molar-refractivity contribution in [2.75, 3.05) is 7.11 Å². The van der Waals surface area contributed by atoms with E-state index in [4.69, 9.17) is 4.74 Å². The summed E-state index contributed by atoms with van der Waals surface area (Å²) >= 11 is 0. The van der Waals surface area contributed by atoms with Crippen LogP contribution < -0.4 is 10.1 Å². The fraction of sp³-hybridized carbons (Fsp3) is 0.250. The number of benzene rings is 2. The summed E-state index contributed by atoms with van der Waals surface area (Å²) in [6.45, 7) is 6.11. The van der Waals surface area contributed by atoms with Crippen LogP contribution in [-0.2, 0) is 4.79 Å². The van der Waals surface area contributed by atoms with Crippen LogP contribution in [0.5, 0.6) is 5.75 Å². The van der Waals surface area contributed by atoms with Crippen LogP contribution in [0.1, 0.15) is 35.2 Å². The zero-order valence-electron chi connectivity index (χ0n) is 14.1. The van der Waals surface area contributed by atoms with Crippen LogP contribution in [0, 0.1) is 13.8 Å². The zero-order valence-corrected chi connectivity index (χ0v) is 14.1. The molecule has 0 heterocycles. The fourth-order valence-corrected chi connectivity index (χ4v) is 2.54. The van der Waals surface area contributed by atoms with E-state index in [1.807, 2.05) is 31.2 Å². The van der Waals surface area contributed by atoms with E-state index in [0.29, 0.717) is 0 Å². The molecule has 1 atom stereocenters. The van der Waals surface area contributed by atoms with Crippen molar-refractivity contribution in [3.05, 3.63) is 70.8 Å². The molecule has 0 radical (unpaired) electrons. The second-order valence-electron chi connectivity index (χ2n) is 5.67. The standard InChI is InChI=1S/C20H23NO2/c1-14-9-10-15(2)18(13-14)16(3)21-20(22)12-11-17-7-5-6-8-19(17)23-4/h5-13,16H,1-4H3,(H,21,22)/b12-11+. The van der Waals surface area contributed by atoms with Gasteiger partial charge in [-0.05, 0) is 44.0 Å². The Bertz CT molecular complexity index is 719. The van der Waals surface area contributed by atoms with E-state index < -0.39 is 0 Å². The van der Waals surface area contributed by atoms with Crippen molar-refractivity contribution in [2.45, 2.75) is 26.8 Å². The van der Waals surface area contributed by atoms with Gasteiger partial charge in [-0.15, -0.1) is 0 Å². The van der Waals surface area contributed by atoms with Gasteiger partial charge in [0.05, 0.1) is 13.2 Å². The van der Waals surface area contributed by atoms with Gasteiger partial charge in [-0.1, -0.05) is 42.0 Å². The van der Waals surface area contributed by atoms with Gasteiger partial charge in [0.2, 0.25) is 5.91 Å². The van der Waals surface area contributed by atoms with E-state index in [-0.39, 0.29) is 11.9 Å². The number of methoxy groups -OCH3 is 1. The summed E-state index contributed by atoms with van der Waals surface area (Å²) in [4.78, 5) is 12.2. The van der Waals surface area contributed by atoms with Crippen molar-refractivity contribution in [1.29, 1.82) is 0 Å². The molecular formula is C20H23NO2. The van der Waals surface area contributed by atoms with Crippen molar-refractivity contribution in [2.24, 2.45) is 0 Å². The number of rotatable bonds is 5. The van der Waals surface area contributed by atoms with Crippen molar-refractivity contribution in [1.82, 2.24) is 5.32 Å². The maximum atomic E-state index is 12.2. The van der Waals surface area contributed by atoms with E-state index in [0.717, 1.165) is 16.9 Å². The average molecular weight is 309 g/mol. The summed E-state index contributed by atoms with van der Waals surface area (Å²) in [5, 5.41) is 3.01. The van der Waals surface area contributed by atoms with Gasteiger partial charge in [0.1, 0.15) is 5.75 Å². The number of hydrogen-bond donors (Lipinski definition) is 1. The largest absolute Gasteiger partial charge is 0.496 e. The molecule has 2 aromatic carbocycles. The van der Waals surface area contributed by atoms with Crippen LogP contribution in [0.3, 0.4) is 0 Å². The molecule has 2 rings (SSSR count). The van der Waals surface area contributed by atoms with Crippen LogP contribution in [0.4, 0.5) is 0 Å². The predicted molar refractivity (Wildman–Crippen MR) is 94.5 cm³/mol. The van der Waals surface area contributed by atoms with Crippen LogP contribution in [0.2, 0.25) is 0 Å². The Morgan fingerprint density at radius 3 is 2.65 bits per heavy atom. The monoisotopic (exact) mass is 309 g/mol. The maximum Gasteiger partial charge on any atom is 0.244 e. The molecule has 0 spiro atoms. The van der Waals surface area contributed by atoms with E-state index in [1.165, 1.54) is 11.1 Å². The first-order valence-corrected chi connectivity index (χ1v) is 7.70. The van der Waals surface area contributed by atoms with Gasteiger partial charge < -0.3 is 10.1 Å². The lowest BCUT2D eigenvalue weighted by Gasteiger charge is -2.16. The molecule has 3 heteroatoms.